The molecule has 7 nitrogen and oxygen atoms in total. The second-order valence-corrected chi connectivity index (χ2v) is 7.29. The van der Waals surface area contributed by atoms with E-state index in [9.17, 15) is 19.5 Å². The third kappa shape index (κ3) is 2.55. The van der Waals surface area contributed by atoms with Gasteiger partial charge >= 0.3 is 17.2 Å². The fourth-order valence-corrected chi connectivity index (χ4v) is 3.83. The summed E-state index contributed by atoms with van der Waals surface area (Å²) in [5, 5.41) is 11.7. The molecule has 0 saturated heterocycles. The first kappa shape index (κ1) is 17.8. The summed E-state index contributed by atoms with van der Waals surface area (Å²) in [5.41, 5.74) is -2.28. The van der Waals surface area contributed by atoms with Gasteiger partial charge in [0.2, 0.25) is 0 Å². The van der Waals surface area contributed by atoms with Gasteiger partial charge in [-0.1, -0.05) is 23.2 Å². The molecule has 0 fully saturated rings. The molecule has 29 heavy (non-hydrogen) atoms. The smallest absolute Gasteiger partial charge is 0.344 e. The molecule has 0 amide bonds. The van der Waals surface area contributed by atoms with Crippen LogP contribution in [-0.4, -0.2) is 11.1 Å². The van der Waals surface area contributed by atoms with E-state index < -0.39 is 34.5 Å². The Bertz CT molecular complexity index is 1480. The first-order chi connectivity index (χ1) is 13.8. The molecule has 5 rings (SSSR count). The van der Waals surface area contributed by atoms with Crippen LogP contribution in [0.5, 0.6) is 11.5 Å². The number of rotatable bonds is 1. The summed E-state index contributed by atoms with van der Waals surface area (Å²) in [7, 11) is 0. The lowest BCUT2D eigenvalue weighted by Crippen LogP contribution is -2.22. The van der Waals surface area contributed by atoms with Gasteiger partial charge in [-0.15, -0.1) is 0 Å². The van der Waals surface area contributed by atoms with Gasteiger partial charge in [-0.05, 0) is 36.4 Å². The Morgan fingerprint density at radius 1 is 0.793 bits per heavy atom. The van der Waals surface area contributed by atoms with Crippen molar-refractivity contribution in [1.82, 2.24) is 0 Å². The normalized spacial score (nSPS) is 15.7. The fourth-order valence-electron chi connectivity index (χ4n) is 3.49. The summed E-state index contributed by atoms with van der Waals surface area (Å²) in [4.78, 5) is 37.9. The highest BCUT2D eigenvalue weighted by Gasteiger charge is 2.43. The van der Waals surface area contributed by atoms with Gasteiger partial charge in [0.15, 0.2) is 5.75 Å². The molecule has 2 aromatic heterocycles. The van der Waals surface area contributed by atoms with Gasteiger partial charge in [0.25, 0.3) is 0 Å². The zero-order chi connectivity index (χ0) is 20.4. The van der Waals surface area contributed by atoms with Crippen LogP contribution in [0.15, 0.2) is 54.8 Å². The Morgan fingerprint density at radius 2 is 1.34 bits per heavy atom. The zero-order valence-electron chi connectivity index (χ0n) is 14.2. The van der Waals surface area contributed by atoms with Crippen LogP contribution in [0.4, 0.5) is 0 Å². The first-order valence-corrected chi connectivity index (χ1v) is 9.04. The number of aromatic hydroxyl groups is 1. The number of halogens is 2. The van der Waals surface area contributed by atoms with Crippen molar-refractivity contribution in [2.45, 2.75) is 5.92 Å². The largest absolute Gasteiger partial charge is 0.507 e. The van der Waals surface area contributed by atoms with Crippen molar-refractivity contribution in [3.8, 4) is 11.5 Å². The Labute approximate surface area is 170 Å². The van der Waals surface area contributed by atoms with Crippen LogP contribution in [0.25, 0.3) is 21.9 Å². The third-order valence-corrected chi connectivity index (χ3v) is 5.21. The van der Waals surface area contributed by atoms with Crippen LogP contribution in [0.3, 0.4) is 0 Å². The van der Waals surface area contributed by atoms with Gasteiger partial charge in [-0.2, -0.15) is 0 Å². The highest BCUT2D eigenvalue weighted by Crippen LogP contribution is 2.44. The third-order valence-electron chi connectivity index (χ3n) is 4.74. The molecule has 4 aromatic rings. The van der Waals surface area contributed by atoms with E-state index in [1.54, 1.807) is 0 Å². The molecule has 144 valence electrons. The number of fused-ring (bicyclic) bond motifs is 4. The standard InChI is InChI=1S/C20H8Cl2O7/c21-7-1-3-11-9(5-7)16(23)14(19(25)27-11)13-15-17(29-18(13)24)10-6-8(22)2-4-12(10)28-20(15)26/h1-6,13,23H. The highest BCUT2D eigenvalue weighted by atomic mass is 35.5. The number of carbonyl (C=O) groups excluding carboxylic acids is 1. The van der Waals surface area contributed by atoms with Gasteiger partial charge in [0, 0.05) is 10.0 Å². The average molecular weight is 431 g/mol. The fraction of sp³-hybridized carbons (Fsp3) is 0.0500. The van der Waals surface area contributed by atoms with E-state index in [1.165, 1.54) is 36.4 Å². The summed E-state index contributed by atoms with van der Waals surface area (Å²) in [5.74, 6) is -3.05. The summed E-state index contributed by atoms with van der Waals surface area (Å²) in [6, 6.07) is 8.72. The van der Waals surface area contributed by atoms with E-state index in [0.29, 0.717) is 5.02 Å². The maximum absolute atomic E-state index is 12.7. The van der Waals surface area contributed by atoms with Crippen molar-refractivity contribution < 1.29 is 23.5 Å². The molecule has 0 aliphatic carbocycles. The predicted molar refractivity (Wildman–Crippen MR) is 104 cm³/mol. The minimum atomic E-state index is -1.52. The molecule has 1 N–H and O–H groups in total. The molecule has 0 bridgehead atoms. The molecule has 1 aliphatic rings. The molecule has 2 aromatic carbocycles. The monoisotopic (exact) mass is 430 g/mol. The first-order valence-electron chi connectivity index (χ1n) is 8.28. The van der Waals surface area contributed by atoms with Gasteiger partial charge in [-0.3, -0.25) is 4.79 Å². The van der Waals surface area contributed by atoms with Crippen LogP contribution in [0.2, 0.25) is 10.0 Å². The molecule has 1 unspecified atom stereocenters. The minimum Gasteiger partial charge on any atom is -0.507 e. The van der Waals surface area contributed by atoms with E-state index in [2.05, 4.69) is 0 Å². The quantitative estimate of drug-likeness (QED) is 0.359. The number of hydrogen-bond donors (Lipinski definition) is 1. The molecule has 1 aliphatic heterocycles. The SMILES string of the molecule is O=C1Oc2c(c(=O)oc3ccc(Cl)cc23)C1c1c(O)c2cc(Cl)ccc2oc1=O. The average Bonchev–Trinajstić information content (AvgIpc) is 3.01. The van der Waals surface area contributed by atoms with Crippen molar-refractivity contribution >= 4 is 51.1 Å². The van der Waals surface area contributed by atoms with Crippen LogP contribution >= 0.6 is 23.2 Å². The van der Waals surface area contributed by atoms with Crippen molar-refractivity contribution in [3.05, 3.63) is 78.4 Å². The number of hydrogen-bond acceptors (Lipinski definition) is 7. The van der Waals surface area contributed by atoms with E-state index >= 15 is 0 Å². The summed E-state index contributed by atoms with van der Waals surface area (Å²) in [6.45, 7) is 0. The Balaban J connectivity index is 1.85. The van der Waals surface area contributed by atoms with E-state index in [1.807, 2.05) is 0 Å². The second-order valence-electron chi connectivity index (χ2n) is 6.42. The molecule has 9 heteroatoms. The van der Waals surface area contributed by atoms with Crippen molar-refractivity contribution in [2.75, 3.05) is 0 Å². The topological polar surface area (TPSA) is 107 Å². The Kier molecular flexibility index (Phi) is 3.74. The van der Waals surface area contributed by atoms with Gasteiger partial charge in [0.1, 0.15) is 28.4 Å². The van der Waals surface area contributed by atoms with E-state index in [0.717, 1.165) is 0 Å². The summed E-state index contributed by atoms with van der Waals surface area (Å²) < 4.78 is 15.8. The van der Waals surface area contributed by atoms with E-state index in [4.69, 9.17) is 36.8 Å². The summed E-state index contributed by atoms with van der Waals surface area (Å²) >= 11 is 12.0. The van der Waals surface area contributed by atoms with Crippen LogP contribution in [0.1, 0.15) is 17.0 Å². The molecule has 0 radical (unpaired) electrons. The molecular weight excluding hydrogens is 423 g/mol. The molecule has 3 heterocycles. The molecule has 1 atom stereocenters. The van der Waals surface area contributed by atoms with Gasteiger partial charge < -0.3 is 18.7 Å². The number of carbonyl (C=O) groups is 1. The lowest BCUT2D eigenvalue weighted by molar-refractivity contribution is -0.133. The van der Waals surface area contributed by atoms with Crippen LogP contribution in [-0.2, 0) is 4.79 Å². The Hall–Kier alpha value is -3.29. The Morgan fingerprint density at radius 3 is 2.00 bits per heavy atom. The van der Waals surface area contributed by atoms with Crippen molar-refractivity contribution in [3.63, 3.8) is 0 Å². The maximum Gasteiger partial charge on any atom is 0.344 e. The lowest BCUT2D eigenvalue weighted by Gasteiger charge is -2.10. The summed E-state index contributed by atoms with van der Waals surface area (Å²) in [6.07, 6.45) is 0. The zero-order valence-corrected chi connectivity index (χ0v) is 15.7. The molecular formula is C20H8Cl2O7. The molecule has 0 spiro atoms. The second kappa shape index (κ2) is 6.10. The van der Waals surface area contributed by atoms with Crippen molar-refractivity contribution in [1.29, 1.82) is 0 Å². The van der Waals surface area contributed by atoms with Gasteiger partial charge in [-0.25, -0.2) is 9.59 Å². The predicted octanol–water partition coefficient (Wildman–Crippen LogP) is 3.96. The van der Waals surface area contributed by atoms with Gasteiger partial charge in [0.05, 0.1) is 16.3 Å². The van der Waals surface area contributed by atoms with Crippen LogP contribution in [0, 0.1) is 0 Å². The number of benzene rings is 2. The molecule has 0 saturated carbocycles. The van der Waals surface area contributed by atoms with Crippen molar-refractivity contribution in [2.24, 2.45) is 0 Å². The van der Waals surface area contributed by atoms with E-state index in [-0.39, 0.29) is 38.3 Å². The maximum atomic E-state index is 12.7. The lowest BCUT2D eigenvalue weighted by atomic mass is 9.92. The number of esters is 1. The minimum absolute atomic E-state index is 0.0706. The van der Waals surface area contributed by atoms with Crippen LogP contribution < -0.4 is 16.0 Å². The number of ether oxygens (including phenoxy) is 1. The highest BCUT2D eigenvalue weighted by molar-refractivity contribution is 6.31.